The van der Waals surface area contributed by atoms with E-state index in [1.165, 1.54) is 16.7 Å². The van der Waals surface area contributed by atoms with Crippen molar-refractivity contribution in [2.24, 2.45) is 0 Å². The minimum absolute atomic E-state index is 0.301. The van der Waals surface area contributed by atoms with Gasteiger partial charge in [0.1, 0.15) is 11.5 Å². The van der Waals surface area contributed by atoms with E-state index in [0.717, 1.165) is 24.5 Å². The zero-order valence-corrected chi connectivity index (χ0v) is 16.9. The lowest BCUT2D eigenvalue weighted by Gasteiger charge is -2.23. The summed E-state index contributed by atoms with van der Waals surface area (Å²) in [6, 6.07) is 27.7. The van der Waals surface area contributed by atoms with E-state index in [0.29, 0.717) is 12.0 Å². The molecule has 0 aromatic heterocycles. The van der Waals surface area contributed by atoms with Gasteiger partial charge >= 0.3 is 0 Å². The summed E-state index contributed by atoms with van der Waals surface area (Å²) in [5.41, 5.74) is 3.89. The summed E-state index contributed by atoms with van der Waals surface area (Å²) in [7, 11) is 3.40. The number of ether oxygens (including phenoxy) is 2. The second-order valence-corrected chi connectivity index (χ2v) is 7.10. The summed E-state index contributed by atoms with van der Waals surface area (Å²) in [6.07, 6.45) is 1.01. The molecule has 3 aromatic rings. The van der Waals surface area contributed by atoms with Crippen molar-refractivity contribution in [3.63, 3.8) is 0 Å². The van der Waals surface area contributed by atoms with Crippen LogP contribution in [0, 0.1) is 0 Å². The van der Waals surface area contributed by atoms with Crippen molar-refractivity contribution in [2.45, 2.75) is 31.8 Å². The van der Waals surface area contributed by atoms with Crippen LogP contribution in [0.4, 0.5) is 0 Å². The smallest absolute Gasteiger partial charge is 0.118 e. The standard InChI is InChI=1S/C25H29NO2/c1-19(26-18-20-7-5-4-6-8-20)17-25(21-9-13-23(27-2)14-10-21)22-11-15-24(28-3)16-12-22/h4-16,19,25-26H,17-18H2,1-3H3/t19-/m1/s1. The molecule has 0 saturated carbocycles. The van der Waals surface area contributed by atoms with Gasteiger partial charge in [-0.25, -0.2) is 0 Å². The molecule has 3 nitrogen and oxygen atoms in total. The molecule has 146 valence electrons. The summed E-state index contributed by atoms with van der Waals surface area (Å²) in [5, 5.41) is 3.66. The average Bonchev–Trinajstić information content (AvgIpc) is 2.77. The Labute approximate surface area is 168 Å². The van der Waals surface area contributed by atoms with Gasteiger partial charge in [0.05, 0.1) is 14.2 Å². The van der Waals surface area contributed by atoms with Crippen LogP contribution in [0.15, 0.2) is 78.9 Å². The molecule has 0 bridgehead atoms. The largest absolute Gasteiger partial charge is 0.497 e. The van der Waals surface area contributed by atoms with Gasteiger partial charge in [-0.15, -0.1) is 0 Å². The fraction of sp³-hybridized carbons (Fsp3) is 0.280. The van der Waals surface area contributed by atoms with Crippen LogP contribution < -0.4 is 14.8 Å². The third kappa shape index (κ3) is 5.37. The molecule has 1 N–H and O–H groups in total. The number of rotatable bonds is 9. The normalized spacial score (nSPS) is 12.0. The van der Waals surface area contributed by atoms with Crippen LogP contribution >= 0.6 is 0 Å². The van der Waals surface area contributed by atoms with Gasteiger partial charge in [-0.3, -0.25) is 0 Å². The Bertz CT molecular complexity index is 781. The van der Waals surface area contributed by atoms with Crippen molar-refractivity contribution in [1.29, 1.82) is 0 Å². The summed E-state index contributed by atoms with van der Waals surface area (Å²) in [6.45, 7) is 3.13. The quantitative estimate of drug-likeness (QED) is 0.543. The van der Waals surface area contributed by atoms with Crippen LogP contribution in [0.2, 0.25) is 0 Å². The minimum Gasteiger partial charge on any atom is -0.497 e. The maximum atomic E-state index is 5.32. The van der Waals surface area contributed by atoms with Crippen molar-refractivity contribution in [3.8, 4) is 11.5 Å². The lowest BCUT2D eigenvalue weighted by molar-refractivity contribution is 0.414. The Hall–Kier alpha value is -2.78. The van der Waals surface area contributed by atoms with E-state index in [1.54, 1.807) is 14.2 Å². The first-order chi connectivity index (χ1) is 13.7. The topological polar surface area (TPSA) is 30.5 Å². The second kappa shape index (κ2) is 9.95. The SMILES string of the molecule is COc1ccc(C(C[C@@H](C)NCc2ccccc2)c2ccc(OC)cc2)cc1. The Kier molecular flexibility index (Phi) is 7.10. The predicted octanol–water partition coefficient (Wildman–Crippen LogP) is 5.40. The molecule has 3 heteroatoms. The molecule has 0 fully saturated rings. The van der Waals surface area contributed by atoms with Crippen molar-refractivity contribution >= 4 is 0 Å². The maximum absolute atomic E-state index is 5.32. The van der Waals surface area contributed by atoms with Crippen LogP contribution in [0.25, 0.3) is 0 Å². The number of methoxy groups -OCH3 is 2. The van der Waals surface area contributed by atoms with E-state index in [9.17, 15) is 0 Å². The van der Waals surface area contributed by atoms with Gasteiger partial charge in [0, 0.05) is 18.5 Å². The summed E-state index contributed by atoms with van der Waals surface area (Å²) >= 11 is 0. The molecule has 0 aliphatic heterocycles. The van der Waals surface area contributed by atoms with E-state index in [1.807, 2.05) is 24.3 Å². The summed E-state index contributed by atoms with van der Waals surface area (Å²) < 4.78 is 10.6. The lowest BCUT2D eigenvalue weighted by Crippen LogP contribution is -2.27. The molecule has 0 saturated heterocycles. The number of hydrogen-bond donors (Lipinski definition) is 1. The second-order valence-electron chi connectivity index (χ2n) is 7.10. The molecular weight excluding hydrogens is 346 g/mol. The van der Waals surface area contributed by atoms with Crippen LogP contribution in [0.1, 0.15) is 36.0 Å². The van der Waals surface area contributed by atoms with Gasteiger partial charge in [0.15, 0.2) is 0 Å². The molecule has 3 aromatic carbocycles. The van der Waals surface area contributed by atoms with Crippen LogP contribution in [0.5, 0.6) is 11.5 Å². The molecule has 28 heavy (non-hydrogen) atoms. The molecule has 0 radical (unpaired) electrons. The molecule has 0 aliphatic carbocycles. The van der Waals surface area contributed by atoms with Gasteiger partial charge in [-0.05, 0) is 54.3 Å². The number of nitrogens with one attached hydrogen (secondary N) is 1. The molecule has 1 atom stereocenters. The van der Waals surface area contributed by atoms with Crippen molar-refractivity contribution in [1.82, 2.24) is 5.32 Å². The summed E-state index contributed by atoms with van der Waals surface area (Å²) in [5.74, 6) is 2.06. The number of hydrogen-bond acceptors (Lipinski definition) is 3. The fourth-order valence-electron chi connectivity index (χ4n) is 3.46. The number of benzene rings is 3. The van der Waals surface area contributed by atoms with Crippen molar-refractivity contribution in [2.75, 3.05) is 14.2 Å². The molecule has 0 spiro atoms. The highest BCUT2D eigenvalue weighted by molar-refractivity contribution is 5.38. The lowest BCUT2D eigenvalue weighted by atomic mass is 9.86. The highest BCUT2D eigenvalue weighted by atomic mass is 16.5. The highest BCUT2D eigenvalue weighted by Crippen LogP contribution is 2.31. The van der Waals surface area contributed by atoms with E-state index >= 15 is 0 Å². The molecule has 3 rings (SSSR count). The van der Waals surface area contributed by atoms with Crippen LogP contribution in [-0.4, -0.2) is 20.3 Å². The van der Waals surface area contributed by atoms with E-state index in [2.05, 4.69) is 66.8 Å². The zero-order valence-electron chi connectivity index (χ0n) is 16.9. The molecule has 0 aliphatic rings. The monoisotopic (exact) mass is 375 g/mol. The first-order valence-corrected chi connectivity index (χ1v) is 9.75. The Morgan fingerprint density at radius 3 is 1.68 bits per heavy atom. The molecular formula is C25H29NO2. The third-order valence-corrected chi connectivity index (χ3v) is 5.12. The fourth-order valence-corrected chi connectivity index (χ4v) is 3.46. The average molecular weight is 376 g/mol. The van der Waals surface area contributed by atoms with Gasteiger partial charge in [-0.1, -0.05) is 54.6 Å². The minimum atomic E-state index is 0.301. The first-order valence-electron chi connectivity index (χ1n) is 9.75. The van der Waals surface area contributed by atoms with Crippen molar-refractivity contribution < 1.29 is 9.47 Å². The highest BCUT2D eigenvalue weighted by Gasteiger charge is 2.18. The third-order valence-electron chi connectivity index (χ3n) is 5.12. The van der Waals surface area contributed by atoms with Gasteiger partial charge in [0.2, 0.25) is 0 Å². The predicted molar refractivity (Wildman–Crippen MR) is 115 cm³/mol. The van der Waals surface area contributed by atoms with Crippen molar-refractivity contribution in [3.05, 3.63) is 95.6 Å². The Morgan fingerprint density at radius 2 is 1.21 bits per heavy atom. The molecule has 0 amide bonds. The van der Waals surface area contributed by atoms with Gasteiger partial charge < -0.3 is 14.8 Å². The maximum Gasteiger partial charge on any atom is 0.118 e. The zero-order chi connectivity index (χ0) is 19.8. The van der Waals surface area contributed by atoms with E-state index < -0.39 is 0 Å². The Balaban J connectivity index is 1.76. The van der Waals surface area contributed by atoms with Gasteiger partial charge in [-0.2, -0.15) is 0 Å². The van der Waals surface area contributed by atoms with Crippen LogP contribution in [-0.2, 0) is 6.54 Å². The van der Waals surface area contributed by atoms with Crippen LogP contribution in [0.3, 0.4) is 0 Å². The molecule has 0 unspecified atom stereocenters. The molecule has 0 heterocycles. The summed E-state index contributed by atoms with van der Waals surface area (Å²) in [4.78, 5) is 0. The van der Waals surface area contributed by atoms with E-state index in [-0.39, 0.29) is 0 Å². The van der Waals surface area contributed by atoms with Gasteiger partial charge in [0.25, 0.3) is 0 Å². The first kappa shape index (κ1) is 20.0. The van der Waals surface area contributed by atoms with E-state index in [4.69, 9.17) is 9.47 Å². The Morgan fingerprint density at radius 1 is 0.714 bits per heavy atom.